The first-order chi connectivity index (χ1) is 11.5. The predicted octanol–water partition coefficient (Wildman–Crippen LogP) is 5.52. The summed E-state index contributed by atoms with van der Waals surface area (Å²) in [7, 11) is 0. The van der Waals surface area contributed by atoms with E-state index in [-0.39, 0.29) is 5.91 Å². The Morgan fingerprint density at radius 1 is 1.04 bits per heavy atom. The van der Waals surface area contributed by atoms with Gasteiger partial charge in [-0.2, -0.15) is 0 Å². The standard InChI is InChI=1S/C18H14Cl2N2O2/c1-10-3-5-12(6-4-10)17-16(11(2)22-24-17)18(23)21-13-7-8-14(19)15(20)9-13/h3-9H,1-2H3,(H,21,23). The van der Waals surface area contributed by atoms with Crippen LogP contribution in [0.3, 0.4) is 0 Å². The van der Waals surface area contributed by atoms with Crippen LogP contribution in [-0.4, -0.2) is 11.1 Å². The SMILES string of the molecule is Cc1ccc(-c2onc(C)c2C(=O)Nc2ccc(Cl)c(Cl)c2)cc1. The first-order valence-corrected chi connectivity index (χ1v) is 8.01. The lowest BCUT2D eigenvalue weighted by atomic mass is 10.0. The van der Waals surface area contributed by atoms with E-state index in [1.165, 1.54) is 0 Å². The number of nitrogens with one attached hydrogen (secondary N) is 1. The van der Waals surface area contributed by atoms with Crippen molar-refractivity contribution in [3.8, 4) is 11.3 Å². The minimum atomic E-state index is -0.317. The number of aryl methyl sites for hydroxylation is 2. The van der Waals surface area contributed by atoms with E-state index in [0.29, 0.717) is 32.8 Å². The molecule has 0 spiro atoms. The molecule has 3 aromatic rings. The number of halogens is 2. The van der Waals surface area contributed by atoms with Gasteiger partial charge >= 0.3 is 0 Å². The maximum Gasteiger partial charge on any atom is 0.261 e. The van der Waals surface area contributed by atoms with E-state index < -0.39 is 0 Å². The van der Waals surface area contributed by atoms with Crippen molar-refractivity contribution in [1.82, 2.24) is 5.16 Å². The molecular formula is C18H14Cl2N2O2. The summed E-state index contributed by atoms with van der Waals surface area (Å²) >= 11 is 11.9. The second-order valence-electron chi connectivity index (χ2n) is 5.42. The van der Waals surface area contributed by atoms with E-state index in [0.717, 1.165) is 11.1 Å². The molecule has 122 valence electrons. The van der Waals surface area contributed by atoms with Crippen molar-refractivity contribution < 1.29 is 9.32 Å². The van der Waals surface area contributed by atoms with Crippen molar-refractivity contribution in [1.29, 1.82) is 0 Å². The number of nitrogens with zero attached hydrogens (tertiary/aromatic N) is 1. The molecule has 0 aliphatic heterocycles. The van der Waals surface area contributed by atoms with Gasteiger partial charge in [0.05, 0.1) is 15.7 Å². The minimum Gasteiger partial charge on any atom is -0.355 e. The lowest BCUT2D eigenvalue weighted by Gasteiger charge is -2.07. The fraction of sp³-hybridized carbons (Fsp3) is 0.111. The van der Waals surface area contributed by atoms with Crippen LogP contribution in [0.4, 0.5) is 5.69 Å². The van der Waals surface area contributed by atoms with Crippen LogP contribution in [0.25, 0.3) is 11.3 Å². The lowest BCUT2D eigenvalue weighted by molar-refractivity contribution is 0.102. The zero-order valence-corrected chi connectivity index (χ0v) is 14.6. The zero-order valence-electron chi connectivity index (χ0n) is 13.1. The van der Waals surface area contributed by atoms with E-state index in [1.807, 2.05) is 31.2 Å². The van der Waals surface area contributed by atoms with Gasteiger partial charge in [0.1, 0.15) is 5.56 Å². The number of hydrogen-bond acceptors (Lipinski definition) is 3. The summed E-state index contributed by atoms with van der Waals surface area (Å²) in [5.74, 6) is 0.118. The van der Waals surface area contributed by atoms with Crippen molar-refractivity contribution in [2.75, 3.05) is 5.32 Å². The van der Waals surface area contributed by atoms with Gasteiger partial charge in [-0.05, 0) is 32.0 Å². The summed E-state index contributed by atoms with van der Waals surface area (Å²) in [5, 5.41) is 7.52. The van der Waals surface area contributed by atoms with E-state index in [4.69, 9.17) is 27.7 Å². The molecule has 1 heterocycles. The van der Waals surface area contributed by atoms with Gasteiger partial charge in [-0.3, -0.25) is 4.79 Å². The van der Waals surface area contributed by atoms with Crippen LogP contribution in [0, 0.1) is 13.8 Å². The second-order valence-corrected chi connectivity index (χ2v) is 6.24. The van der Waals surface area contributed by atoms with Crippen LogP contribution >= 0.6 is 23.2 Å². The highest BCUT2D eigenvalue weighted by Crippen LogP contribution is 2.29. The number of carbonyl (C=O) groups is 1. The number of anilines is 1. The maximum absolute atomic E-state index is 12.7. The molecule has 3 rings (SSSR count). The molecule has 0 aliphatic rings. The average Bonchev–Trinajstić information content (AvgIpc) is 2.93. The fourth-order valence-electron chi connectivity index (χ4n) is 2.31. The summed E-state index contributed by atoms with van der Waals surface area (Å²) < 4.78 is 5.37. The van der Waals surface area contributed by atoms with Crippen molar-refractivity contribution in [3.05, 3.63) is 69.3 Å². The lowest BCUT2D eigenvalue weighted by Crippen LogP contribution is -2.13. The van der Waals surface area contributed by atoms with Crippen LogP contribution < -0.4 is 5.32 Å². The summed E-state index contributed by atoms with van der Waals surface area (Å²) in [6.45, 7) is 3.72. The topological polar surface area (TPSA) is 55.1 Å². The molecule has 24 heavy (non-hydrogen) atoms. The molecule has 0 atom stereocenters. The van der Waals surface area contributed by atoms with Crippen LogP contribution in [0.2, 0.25) is 10.0 Å². The van der Waals surface area contributed by atoms with Gasteiger partial charge in [0.15, 0.2) is 5.76 Å². The van der Waals surface area contributed by atoms with E-state index in [2.05, 4.69) is 10.5 Å². The highest BCUT2D eigenvalue weighted by Gasteiger charge is 2.22. The Kier molecular flexibility index (Phi) is 4.60. The molecule has 4 nitrogen and oxygen atoms in total. The quantitative estimate of drug-likeness (QED) is 0.669. The predicted molar refractivity (Wildman–Crippen MR) is 95.8 cm³/mol. The molecule has 0 unspecified atom stereocenters. The van der Waals surface area contributed by atoms with Crippen LogP contribution in [-0.2, 0) is 0 Å². The molecule has 0 aliphatic carbocycles. The maximum atomic E-state index is 12.7. The van der Waals surface area contributed by atoms with E-state index >= 15 is 0 Å². The van der Waals surface area contributed by atoms with Gasteiger partial charge in [-0.25, -0.2) is 0 Å². The number of hydrogen-bond donors (Lipinski definition) is 1. The molecule has 1 N–H and O–H groups in total. The van der Waals surface area contributed by atoms with Crippen molar-refractivity contribution >= 4 is 34.8 Å². The largest absolute Gasteiger partial charge is 0.355 e. The summed E-state index contributed by atoms with van der Waals surface area (Å²) in [6.07, 6.45) is 0. The smallest absolute Gasteiger partial charge is 0.261 e. The molecular weight excluding hydrogens is 347 g/mol. The number of amides is 1. The zero-order chi connectivity index (χ0) is 17.3. The molecule has 0 fully saturated rings. The highest BCUT2D eigenvalue weighted by molar-refractivity contribution is 6.42. The Morgan fingerprint density at radius 2 is 1.75 bits per heavy atom. The third-order valence-electron chi connectivity index (χ3n) is 3.58. The first kappa shape index (κ1) is 16.6. The Labute approximate surface area is 149 Å². The summed E-state index contributed by atoms with van der Waals surface area (Å²) in [6, 6.07) is 12.6. The van der Waals surface area contributed by atoms with E-state index in [1.54, 1.807) is 25.1 Å². The Balaban J connectivity index is 1.94. The Morgan fingerprint density at radius 3 is 2.42 bits per heavy atom. The molecule has 6 heteroatoms. The van der Waals surface area contributed by atoms with Crippen LogP contribution in [0.1, 0.15) is 21.6 Å². The van der Waals surface area contributed by atoms with Gasteiger partial charge in [-0.15, -0.1) is 0 Å². The third kappa shape index (κ3) is 3.30. The Hall–Kier alpha value is -2.30. The second kappa shape index (κ2) is 6.67. The fourth-order valence-corrected chi connectivity index (χ4v) is 2.60. The molecule has 1 aromatic heterocycles. The van der Waals surface area contributed by atoms with Crippen molar-refractivity contribution in [2.45, 2.75) is 13.8 Å². The van der Waals surface area contributed by atoms with Crippen LogP contribution in [0.15, 0.2) is 47.0 Å². The molecule has 0 saturated carbocycles. The molecule has 0 bridgehead atoms. The minimum absolute atomic E-state index is 0.317. The molecule has 2 aromatic carbocycles. The Bertz CT molecular complexity index is 902. The van der Waals surface area contributed by atoms with Crippen LogP contribution in [0.5, 0.6) is 0 Å². The third-order valence-corrected chi connectivity index (χ3v) is 4.32. The number of aromatic nitrogens is 1. The summed E-state index contributed by atoms with van der Waals surface area (Å²) in [5.41, 5.74) is 3.37. The number of rotatable bonds is 3. The van der Waals surface area contributed by atoms with Gasteiger partial charge < -0.3 is 9.84 Å². The summed E-state index contributed by atoms with van der Waals surface area (Å²) in [4.78, 5) is 12.7. The average molecular weight is 361 g/mol. The van der Waals surface area contributed by atoms with Gasteiger partial charge in [0.2, 0.25) is 0 Å². The monoisotopic (exact) mass is 360 g/mol. The highest BCUT2D eigenvalue weighted by atomic mass is 35.5. The van der Waals surface area contributed by atoms with E-state index in [9.17, 15) is 4.79 Å². The molecule has 1 amide bonds. The van der Waals surface area contributed by atoms with Gasteiger partial charge in [0.25, 0.3) is 5.91 Å². The normalized spacial score (nSPS) is 10.7. The van der Waals surface area contributed by atoms with Gasteiger partial charge in [0, 0.05) is 11.3 Å². The number of benzene rings is 2. The molecule has 0 saturated heterocycles. The van der Waals surface area contributed by atoms with Gasteiger partial charge in [-0.1, -0.05) is 58.2 Å². The number of carbonyl (C=O) groups excluding carboxylic acids is 1. The van der Waals surface area contributed by atoms with Crippen molar-refractivity contribution in [3.63, 3.8) is 0 Å². The van der Waals surface area contributed by atoms with Crippen molar-refractivity contribution in [2.24, 2.45) is 0 Å². The first-order valence-electron chi connectivity index (χ1n) is 7.25. The molecule has 0 radical (unpaired) electrons.